The largest absolute Gasteiger partial charge is 0.443 e. The van der Waals surface area contributed by atoms with Crippen molar-refractivity contribution in [1.29, 1.82) is 0 Å². The average molecular weight is 330 g/mol. The summed E-state index contributed by atoms with van der Waals surface area (Å²) < 4.78 is 7.38. The molecular weight excluding hydrogens is 304 g/mol. The topological polar surface area (TPSA) is 59.4 Å². The Morgan fingerprint density at radius 2 is 2.12 bits per heavy atom. The van der Waals surface area contributed by atoms with Crippen molar-refractivity contribution in [3.63, 3.8) is 0 Å². The van der Waals surface area contributed by atoms with Crippen LogP contribution < -0.4 is 5.32 Å². The Morgan fingerprint density at radius 3 is 2.71 bits per heavy atom. The number of hydrogen-bond acceptors (Lipinski definition) is 5. The van der Waals surface area contributed by atoms with Gasteiger partial charge >= 0.3 is 6.09 Å². The lowest BCUT2D eigenvalue weighted by Crippen LogP contribution is -2.30. The van der Waals surface area contributed by atoms with Crippen molar-refractivity contribution in [1.82, 2.24) is 14.5 Å². The van der Waals surface area contributed by atoms with Gasteiger partial charge in [-0.15, -0.1) is 0 Å². The number of nitrogens with zero attached hydrogens (tertiary/aromatic N) is 3. The summed E-state index contributed by atoms with van der Waals surface area (Å²) in [6.45, 7) is 6.70. The molecule has 6 nitrogen and oxygen atoms in total. The number of carbonyl (C=O) groups excluding carboxylic acids is 1. The van der Waals surface area contributed by atoms with Gasteiger partial charge in [-0.05, 0) is 53.3 Å². The minimum Gasteiger partial charge on any atom is -0.443 e. The Hall–Kier alpha value is -2.08. The van der Waals surface area contributed by atoms with Gasteiger partial charge in [0.2, 0.25) is 0 Å². The second kappa shape index (κ2) is 6.09. The number of fused-ring (bicyclic) bond motifs is 1. The standard InChI is InChI=1S/C18H26N4O2/c1-18(2,3)24-17(23)22-14-10-16(19-4)20-11-12(14)9-15(22)13-7-6-8-21(13)5/h9-11,13H,6-8H2,1-5H3,(H,19,20). The molecule has 0 spiro atoms. The van der Waals surface area contributed by atoms with Gasteiger partial charge in [-0.2, -0.15) is 0 Å². The molecule has 1 fully saturated rings. The number of anilines is 1. The minimum atomic E-state index is -0.536. The maximum Gasteiger partial charge on any atom is 0.419 e. The van der Waals surface area contributed by atoms with E-state index in [4.69, 9.17) is 4.74 Å². The highest BCUT2D eigenvalue weighted by molar-refractivity contribution is 5.92. The lowest BCUT2D eigenvalue weighted by molar-refractivity contribution is 0.0534. The molecule has 2 aromatic heterocycles. The lowest BCUT2D eigenvalue weighted by atomic mass is 10.1. The Balaban J connectivity index is 2.15. The molecule has 24 heavy (non-hydrogen) atoms. The molecule has 1 unspecified atom stereocenters. The molecule has 2 aromatic rings. The number of likely N-dealkylation sites (tertiary alicyclic amines) is 1. The van der Waals surface area contributed by atoms with Crippen LogP contribution in [0.3, 0.4) is 0 Å². The molecule has 1 N–H and O–H groups in total. The first-order chi connectivity index (χ1) is 11.3. The molecule has 1 aliphatic rings. The third-order valence-electron chi connectivity index (χ3n) is 4.41. The molecule has 0 amide bonds. The second-order valence-electron chi connectivity index (χ2n) is 7.40. The van der Waals surface area contributed by atoms with E-state index < -0.39 is 5.60 Å². The number of pyridine rings is 1. The summed E-state index contributed by atoms with van der Waals surface area (Å²) in [6, 6.07) is 4.19. The van der Waals surface area contributed by atoms with E-state index in [2.05, 4.69) is 28.3 Å². The van der Waals surface area contributed by atoms with E-state index in [1.54, 1.807) is 10.8 Å². The van der Waals surface area contributed by atoms with Gasteiger partial charge in [-0.1, -0.05) is 0 Å². The molecule has 3 rings (SSSR count). The van der Waals surface area contributed by atoms with Gasteiger partial charge in [-0.3, -0.25) is 4.90 Å². The minimum absolute atomic E-state index is 0.225. The molecule has 1 aliphatic heterocycles. The summed E-state index contributed by atoms with van der Waals surface area (Å²) in [5, 5.41) is 3.99. The number of nitrogens with one attached hydrogen (secondary N) is 1. The van der Waals surface area contributed by atoms with Crippen LogP contribution in [0.1, 0.15) is 45.3 Å². The Morgan fingerprint density at radius 1 is 1.38 bits per heavy atom. The predicted octanol–water partition coefficient (Wildman–Crippen LogP) is 3.63. The van der Waals surface area contributed by atoms with E-state index in [9.17, 15) is 4.79 Å². The maximum atomic E-state index is 12.9. The predicted molar refractivity (Wildman–Crippen MR) is 95.5 cm³/mol. The molecular formula is C18H26N4O2. The highest BCUT2D eigenvalue weighted by Crippen LogP contribution is 2.35. The van der Waals surface area contributed by atoms with Gasteiger partial charge in [-0.25, -0.2) is 14.3 Å². The Labute approximate surface area is 142 Å². The molecule has 1 atom stereocenters. The number of aromatic nitrogens is 2. The Bertz CT molecular complexity index is 760. The van der Waals surface area contributed by atoms with E-state index in [1.807, 2.05) is 33.9 Å². The van der Waals surface area contributed by atoms with Crippen LogP contribution in [0, 0.1) is 0 Å². The fourth-order valence-electron chi connectivity index (χ4n) is 3.30. The van der Waals surface area contributed by atoms with Crippen molar-refractivity contribution < 1.29 is 9.53 Å². The quantitative estimate of drug-likeness (QED) is 0.911. The number of hydrogen-bond donors (Lipinski definition) is 1. The summed E-state index contributed by atoms with van der Waals surface area (Å²) in [5.74, 6) is 0.733. The second-order valence-corrected chi connectivity index (χ2v) is 7.40. The zero-order valence-electron chi connectivity index (χ0n) is 15.1. The van der Waals surface area contributed by atoms with Gasteiger partial charge in [0, 0.05) is 30.4 Å². The highest BCUT2D eigenvalue weighted by atomic mass is 16.6. The normalized spacial score (nSPS) is 19.0. The molecule has 0 radical (unpaired) electrons. The summed E-state index contributed by atoms with van der Waals surface area (Å²) in [7, 11) is 3.92. The van der Waals surface area contributed by atoms with E-state index in [0.717, 1.165) is 41.8 Å². The van der Waals surface area contributed by atoms with Crippen LogP contribution >= 0.6 is 0 Å². The van der Waals surface area contributed by atoms with Crippen LogP contribution in [0.4, 0.5) is 10.6 Å². The van der Waals surface area contributed by atoms with Crippen molar-refractivity contribution in [2.75, 3.05) is 26.0 Å². The molecule has 0 aromatic carbocycles. The number of rotatable bonds is 2. The van der Waals surface area contributed by atoms with Crippen molar-refractivity contribution in [3.05, 3.63) is 24.0 Å². The van der Waals surface area contributed by atoms with E-state index in [0.29, 0.717) is 0 Å². The van der Waals surface area contributed by atoms with Crippen LogP contribution in [0.5, 0.6) is 0 Å². The van der Waals surface area contributed by atoms with E-state index >= 15 is 0 Å². The summed E-state index contributed by atoms with van der Waals surface area (Å²) in [4.78, 5) is 19.6. The van der Waals surface area contributed by atoms with Crippen LogP contribution in [0.2, 0.25) is 0 Å². The first-order valence-electron chi connectivity index (χ1n) is 8.43. The van der Waals surface area contributed by atoms with Crippen LogP contribution in [-0.2, 0) is 4.74 Å². The van der Waals surface area contributed by atoms with Crippen LogP contribution in [0.15, 0.2) is 18.3 Å². The summed E-state index contributed by atoms with van der Waals surface area (Å²) >= 11 is 0. The van der Waals surface area contributed by atoms with Gasteiger partial charge < -0.3 is 10.1 Å². The molecule has 1 saturated heterocycles. The van der Waals surface area contributed by atoms with Gasteiger partial charge in [0.1, 0.15) is 11.4 Å². The molecule has 3 heterocycles. The van der Waals surface area contributed by atoms with Crippen molar-refractivity contribution in [3.8, 4) is 0 Å². The zero-order chi connectivity index (χ0) is 17.5. The third kappa shape index (κ3) is 3.11. The first-order valence-corrected chi connectivity index (χ1v) is 8.43. The Kier molecular flexibility index (Phi) is 4.25. The molecule has 0 aliphatic carbocycles. The number of carbonyl (C=O) groups is 1. The van der Waals surface area contributed by atoms with Gasteiger partial charge in [0.15, 0.2) is 0 Å². The molecule has 6 heteroatoms. The van der Waals surface area contributed by atoms with E-state index in [-0.39, 0.29) is 12.1 Å². The first kappa shape index (κ1) is 16.8. The summed E-state index contributed by atoms with van der Waals surface area (Å²) in [6.07, 6.45) is 3.65. The zero-order valence-corrected chi connectivity index (χ0v) is 15.1. The van der Waals surface area contributed by atoms with Gasteiger partial charge in [0.25, 0.3) is 0 Å². The van der Waals surface area contributed by atoms with Gasteiger partial charge in [0.05, 0.1) is 11.6 Å². The summed E-state index contributed by atoms with van der Waals surface area (Å²) in [5.41, 5.74) is 1.28. The highest BCUT2D eigenvalue weighted by Gasteiger charge is 2.30. The smallest absolute Gasteiger partial charge is 0.419 e. The fourth-order valence-corrected chi connectivity index (χ4v) is 3.30. The third-order valence-corrected chi connectivity index (χ3v) is 4.41. The molecule has 0 saturated carbocycles. The molecule has 130 valence electrons. The van der Waals surface area contributed by atoms with Crippen LogP contribution in [-0.4, -0.2) is 46.8 Å². The van der Waals surface area contributed by atoms with Crippen molar-refractivity contribution in [2.24, 2.45) is 0 Å². The van der Waals surface area contributed by atoms with Crippen molar-refractivity contribution in [2.45, 2.75) is 45.3 Å². The van der Waals surface area contributed by atoms with Crippen LogP contribution in [0.25, 0.3) is 10.9 Å². The van der Waals surface area contributed by atoms with Crippen molar-refractivity contribution >= 4 is 22.8 Å². The van der Waals surface area contributed by atoms with E-state index in [1.165, 1.54) is 0 Å². The maximum absolute atomic E-state index is 12.9. The number of ether oxygens (including phenoxy) is 1. The molecule has 0 bridgehead atoms. The SMILES string of the molecule is CNc1cc2c(cn1)cc(C1CCCN1C)n2C(=O)OC(C)(C)C. The monoisotopic (exact) mass is 330 g/mol. The average Bonchev–Trinajstić information content (AvgIpc) is 3.07. The fraction of sp³-hybridized carbons (Fsp3) is 0.556. The lowest BCUT2D eigenvalue weighted by Gasteiger charge is -2.24.